The first-order chi connectivity index (χ1) is 9.17. The number of thioether (sulfide) groups is 1. The summed E-state index contributed by atoms with van der Waals surface area (Å²) in [6.45, 7) is 4.97. The van der Waals surface area contributed by atoms with Gasteiger partial charge in [0.2, 0.25) is 0 Å². The Morgan fingerprint density at radius 1 is 1.37 bits per heavy atom. The van der Waals surface area contributed by atoms with E-state index in [1.807, 2.05) is 18.7 Å². The Balaban J connectivity index is 2.36. The van der Waals surface area contributed by atoms with Gasteiger partial charge >= 0.3 is 5.97 Å². The lowest BCUT2D eigenvalue weighted by Gasteiger charge is -2.32. The summed E-state index contributed by atoms with van der Waals surface area (Å²) < 4.78 is 0. The van der Waals surface area contributed by atoms with Crippen molar-refractivity contribution in [2.45, 2.75) is 64.3 Å². The predicted octanol–water partition coefficient (Wildman–Crippen LogP) is 3.53. The van der Waals surface area contributed by atoms with Crippen molar-refractivity contribution >= 4 is 17.7 Å². The smallest absolute Gasteiger partial charge is 0.324 e. The average molecular weight is 287 g/mol. The lowest BCUT2D eigenvalue weighted by atomic mass is 9.85. The second kappa shape index (κ2) is 8.85. The normalized spacial score (nSPS) is 26.7. The highest BCUT2D eigenvalue weighted by Gasteiger charge is 2.47. The fourth-order valence-electron chi connectivity index (χ4n) is 3.16. The Labute approximate surface area is 121 Å². The van der Waals surface area contributed by atoms with Gasteiger partial charge in [0.05, 0.1) is 0 Å². The van der Waals surface area contributed by atoms with Crippen LogP contribution in [0.1, 0.15) is 58.8 Å². The lowest BCUT2D eigenvalue weighted by Crippen LogP contribution is -2.54. The summed E-state index contributed by atoms with van der Waals surface area (Å²) in [6, 6.07) is 0. The first kappa shape index (κ1) is 16.8. The van der Waals surface area contributed by atoms with E-state index >= 15 is 0 Å². The van der Waals surface area contributed by atoms with Gasteiger partial charge < -0.3 is 10.4 Å². The molecule has 0 radical (unpaired) electrons. The minimum Gasteiger partial charge on any atom is -0.480 e. The molecule has 0 saturated heterocycles. The fraction of sp³-hybridized carbons (Fsp3) is 0.933. The lowest BCUT2D eigenvalue weighted by molar-refractivity contribution is -0.146. The summed E-state index contributed by atoms with van der Waals surface area (Å²) in [7, 11) is 0. The maximum absolute atomic E-state index is 11.6. The van der Waals surface area contributed by atoms with Gasteiger partial charge in [0, 0.05) is 0 Å². The third-order valence-corrected chi connectivity index (χ3v) is 5.30. The van der Waals surface area contributed by atoms with E-state index < -0.39 is 11.5 Å². The van der Waals surface area contributed by atoms with Gasteiger partial charge in [-0.1, -0.05) is 33.1 Å². The van der Waals surface area contributed by atoms with Crippen molar-refractivity contribution in [2.75, 3.05) is 18.1 Å². The molecule has 0 amide bonds. The van der Waals surface area contributed by atoms with Gasteiger partial charge in [-0.3, -0.25) is 4.79 Å². The monoisotopic (exact) mass is 287 g/mol. The van der Waals surface area contributed by atoms with Crippen LogP contribution in [-0.2, 0) is 4.79 Å². The van der Waals surface area contributed by atoms with E-state index in [-0.39, 0.29) is 0 Å². The molecule has 112 valence electrons. The largest absolute Gasteiger partial charge is 0.480 e. The summed E-state index contributed by atoms with van der Waals surface area (Å²) in [4.78, 5) is 11.6. The van der Waals surface area contributed by atoms with E-state index in [4.69, 9.17) is 0 Å². The minimum absolute atomic E-state index is 0.309. The molecule has 0 aliphatic heterocycles. The van der Waals surface area contributed by atoms with E-state index in [9.17, 15) is 9.90 Å². The Kier molecular flexibility index (Phi) is 7.84. The van der Waals surface area contributed by atoms with Crippen LogP contribution in [0.3, 0.4) is 0 Å². The topological polar surface area (TPSA) is 49.3 Å². The van der Waals surface area contributed by atoms with Crippen molar-refractivity contribution in [3.05, 3.63) is 0 Å². The van der Waals surface area contributed by atoms with Gasteiger partial charge in [0.25, 0.3) is 0 Å². The Morgan fingerprint density at radius 3 is 2.79 bits per heavy atom. The minimum atomic E-state index is -0.646. The number of unbranched alkanes of at least 4 members (excludes halogenated alkanes) is 2. The van der Waals surface area contributed by atoms with E-state index in [0.29, 0.717) is 5.92 Å². The van der Waals surface area contributed by atoms with Crippen LogP contribution >= 0.6 is 11.8 Å². The quantitative estimate of drug-likeness (QED) is 0.603. The zero-order chi connectivity index (χ0) is 14.1. The van der Waals surface area contributed by atoms with Crippen molar-refractivity contribution in [3.8, 4) is 0 Å². The number of carboxylic acid groups (broad SMARTS) is 1. The number of carboxylic acids is 1. The van der Waals surface area contributed by atoms with Gasteiger partial charge in [0.15, 0.2) is 0 Å². The molecule has 4 heteroatoms. The van der Waals surface area contributed by atoms with E-state index in [1.54, 1.807) is 0 Å². The molecule has 1 fully saturated rings. The van der Waals surface area contributed by atoms with Gasteiger partial charge in [0.1, 0.15) is 5.54 Å². The molecular weight excluding hydrogens is 258 g/mol. The third-order valence-electron chi connectivity index (χ3n) is 4.20. The molecule has 0 heterocycles. The van der Waals surface area contributed by atoms with E-state index in [2.05, 4.69) is 12.2 Å². The van der Waals surface area contributed by atoms with Crippen LogP contribution in [0.4, 0.5) is 0 Å². The summed E-state index contributed by atoms with van der Waals surface area (Å²) in [5.74, 6) is 1.99. The van der Waals surface area contributed by atoms with Crippen LogP contribution < -0.4 is 5.32 Å². The number of hydrogen-bond donors (Lipinski definition) is 2. The number of carbonyl (C=O) groups is 1. The molecule has 2 atom stereocenters. The molecule has 2 unspecified atom stereocenters. The molecule has 1 aliphatic carbocycles. The highest BCUT2D eigenvalue weighted by Crippen LogP contribution is 2.38. The van der Waals surface area contributed by atoms with E-state index in [0.717, 1.165) is 38.0 Å². The number of rotatable bonds is 10. The second-order valence-corrected chi connectivity index (χ2v) is 6.73. The van der Waals surface area contributed by atoms with E-state index in [1.165, 1.54) is 25.0 Å². The number of hydrogen-bond acceptors (Lipinski definition) is 3. The fourth-order valence-corrected chi connectivity index (χ4v) is 4.22. The Bertz CT molecular complexity index is 273. The summed E-state index contributed by atoms with van der Waals surface area (Å²) >= 11 is 1.99. The molecule has 0 aromatic rings. The molecule has 3 nitrogen and oxygen atoms in total. The average Bonchev–Trinajstić information content (AvgIpc) is 2.78. The van der Waals surface area contributed by atoms with Gasteiger partial charge in [-0.15, -0.1) is 0 Å². The number of aliphatic carboxylic acids is 1. The summed E-state index contributed by atoms with van der Waals surface area (Å²) in [6.07, 6.45) is 7.82. The standard InChI is InChI=1S/C15H29NO2S/c1-3-5-6-11-19-12-9-13-8-7-10-15(13,14(17)18)16-4-2/h13,16H,3-12H2,1-2H3,(H,17,18). The number of nitrogens with one attached hydrogen (secondary N) is 1. The first-order valence-electron chi connectivity index (χ1n) is 7.73. The third kappa shape index (κ3) is 4.67. The highest BCUT2D eigenvalue weighted by atomic mass is 32.2. The Hall–Kier alpha value is -0.220. The van der Waals surface area contributed by atoms with Crippen LogP contribution in [0.25, 0.3) is 0 Å². The van der Waals surface area contributed by atoms with Gasteiger partial charge in [-0.05, 0) is 49.7 Å². The van der Waals surface area contributed by atoms with Crippen molar-refractivity contribution in [1.82, 2.24) is 5.32 Å². The molecule has 1 saturated carbocycles. The Morgan fingerprint density at radius 2 is 2.16 bits per heavy atom. The zero-order valence-corrected chi connectivity index (χ0v) is 13.2. The number of likely N-dealkylation sites (N-methyl/N-ethyl adjacent to an activating group) is 1. The van der Waals surface area contributed by atoms with Gasteiger partial charge in [-0.25, -0.2) is 0 Å². The first-order valence-corrected chi connectivity index (χ1v) is 8.89. The van der Waals surface area contributed by atoms with Crippen LogP contribution in [0, 0.1) is 5.92 Å². The molecule has 0 aromatic heterocycles. The van der Waals surface area contributed by atoms with Crippen LogP contribution in [0.5, 0.6) is 0 Å². The molecule has 0 bridgehead atoms. The van der Waals surface area contributed by atoms with Crippen LogP contribution in [-0.4, -0.2) is 34.7 Å². The van der Waals surface area contributed by atoms with Crippen LogP contribution in [0.15, 0.2) is 0 Å². The van der Waals surface area contributed by atoms with Crippen LogP contribution in [0.2, 0.25) is 0 Å². The molecular formula is C15H29NO2S. The molecule has 1 aliphatic rings. The molecule has 0 spiro atoms. The maximum Gasteiger partial charge on any atom is 0.324 e. The van der Waals surface area contributed by atoms with Crippen molar-refractivity contribution < 1.29 is 9.90 Å². The SMILES string of the molecule is CCCCCSCCC1CCCC1(NCC)C(=O)O. The molecule has 2 N–H and O–H groups in total. The predicted molar refractivity (Wildman–Crippen MR) is 82.9 cm³/mol. The maximum atomic E-state index is 11.6. The molecule has 1 rings (SSSR count). The van der Waals surface area contributed by atoms with Gasteiger partial charge in [-0.2, -0.15) is 11.8 Å². The zero-order valence-electron chi connectivity index (χ0n) is 12.4. The van der Waals surface area contributed by atoms with Crippen molar-refractivity contribution in [2.24, 2.45) is 5.92 Å². The summed E-state index contributed by atoms with van der Waals surface area (Å²) in [5, 5.41) is 12.8. The van der Waals surface area contributed by atoms with Crippen molar-refractivity contribution in [1.29, 1.82) is 0 Å². The molecule has 0 aromatic carbocycles. The second-order valence-electron chi connectivity index (χ2n) is 5.50. The van der Waals surface area contributed by atoms with Crippen molar-refractivity contribution in [3.63, 3.8) is 0 Å². The molecule has 19 heavy (non-hydrogen) atoms. The highest BCUT2D eigenvalue weighted by molar-refractivity contribution is 7.99. The summed E-state index contributed by atoms with van der Waals surface area (Å²) in [5.41, 5.74) is -0.640.